The van der Waals surface area contributed by atoms with Gasteiger partial charge in [-0.1, -0.05) is 25.5 Å². The number of thiazole rings is 1. The highest BCUT2D eigenvalue weighted by Crippen LogP contribution is 2.25. The van der Waals surface area contributed by atoms with Gasteiger partial charge in [-0.3, -0.25) is 10.1 Å². The summed E-state index contributed by atoms with van der Waals surface area (Å²) >= 11 is 1.32. The minimum Gasteiger partial charge on any atom is -0.494 e. The molecule has 6 heteroatoms. The summed E-state index contributed by atoms with van der Waals surface area (Å²) in [5.41, 5.74) is 2.40. The first-order chi connectivity index (χ1) is 13.6. The van der Waals surface area contributed by atoms with E-state index in [0.717, 1.165) is 29.7 Å². The Morgan fingerprint density at radius 2 is 1.93 bits per heavy atom. The van der Waals surface area contributed by atoms with Crippen molar-refractivity contribution in [3.05, 3.63) is 71.4 Å². The lowest BCUT2D eigenvalue weighted by molar-refractivity contribution is -0.111. The molecule has 0 aliphatic carbocycles. The van der Waals surface area contributed by atoms with Crippen molar-refractivity contribution >= 4 is 28.5 Å². The lowest BCUT2D eigenvalue weighted by Crippen LogP contribution is -2.07. The first kappa shape index (κ1) is 19.8. The van der Waals surface area contributed by atoms with Crippen LogP contribution in [0.5, 0.6) is 5.75 Å². The van der Waals surface area contributed by atoms with Crippen LogP contribution in [0.25, 0.3) is 17.3 Å². The van der Waals surface area contributed by atoms with E-state index in [2.05, 4.69) is 17.2 Å². The third-order valence-corrected chi connectivity index (χ3v) is 4.71. The Labute approximate surface area is 167 Å². The van der Waals surface area contributed by atoms with Crippen LogP contribution in [0.3, 0.4) is 0 Å². The molecule has 3 rings (SSSR count). The van der Waals surface area contributed by atoms with Gasteiger partial charge in [0, 0.05) is 17.0 Å². The van der Waals surface area contributed by atoms with E-state index in [0.29, 0.717) is 17.4 Å². The molecule has 0 aliphatic rings. The van der Waals surface area contributed by atoms with Gasteiger partial charge >= 0.3 is 0 Å². The number of rotatable bonds is 8. The lowest BCUT2D eigenvalue weighted by atomic mass is 10.2. The highest BCUT2D eigenvalue weighted by molar-refractivity contribution is 7.14. The molecule has 144 valence electrons. The second kappa shape index (κ2) is 9.80. The molecule has 0 radical (unpaired) electrons. The molecule has 1 heterocycles. The molecule has 0 aliphatic heterocycles. The summed E-state index contributed by atoms with van der Waals surface area (Å²) in [5, 5.41) is 5.06. The fourth-order valence-electron chi connectivity index (χ4n) is 2.41. The molecular formula is C22H21FN2O2S. The Morgan fingerprint density at radius 3 is 2.64 bits per heavy atom. The molecule has 28 heavy (non-hydrogen) atoms. The molecule has 2 aromatic carbocycles. The zero-order valence-corrected chi connectivity index (χ0v) is 16.3. The molecule has 0 saturated heterocycles. The van der Waals surface area contributed by atoms with Gasteiger partial charge in [-0.05, 0) is 54.5 Å². The summed E-state index contributed by atoms with van der Waals surface area (Å²) in [6.07, 6.45) is 5.33. The Morgan fingerprint density at radius 1 is 1.18 bits per heavy atom. The van der Waals surface area contributed by atoms with Gasteiger partial charge in [0.25, 0.3) is 0 Å². The molecule has 0 unspecified atom stereocenters. The van der Waals surface area contributed by atoms with Gasteiger partial charge in [0.05, 0.1) is 12.3 Å². The topological polar surface area (TPSA) is 51.2 Å². The average molecular weight is 396 g/mol. The van der Waals surface area contributed by atoms with Crippen molar-refractivity contribution in [2.75, 3.05) is 11.9 Å². The maximum Gasteiger partial charge on any atom is 0.250 e. The number of carbonyl (C=O) groups is 1. The Balaban J connectivity index is 1.54. The molecule has 0 saturated carbocycles. The average Bonchev–Trinajstić information content (AvgIpc) is 3.16. The summed E-state index contributed by atoms with van der Waals surface area (Å²) in [6.45, 7) is 2.83. The highest BCUT2D eigenvalue weighted by Gasteiger charge is 2.06. The van der Waals surface area contributed by atoms with Crippen molar-refractivity contribution in [2.24, 2.45) is 0 Å². The number of unbranched alkanes of at least 4 members (excludes halogenated alkanes) is 1. The lowest BCUT2D eigenvalue weighted by Gasteiger charge is -2.05. The predicted octanol–water partition coefficient (Wildman–Crippen LogP) is 5.78. The monoisotopic (exact) mass is 396 g/mol. The summed E-state index contributed by atoms with van der Waals surface area (Å²) in [5.74, 6) is 0.271. The zero-order valence-electron chi connectivity index (χ0n) is 15.5. The van der Waals surface area contributed by atoms with Crippen molar-refractivity contribution in [3.8, 4) is 17.0 Å². The van der Waals surface area contributed by atoms with Gasteiger partial charge in [-0.2, -0.15) is 0 Å². The van der Waals surface area contributed by atoms with Gasteiger partial charge in [0.2, 0.25) is 5.91 Å². The third-order valence-electron chi connectivity index (χ3n) is 3.95. The third kappa shape index (κ3) is 5.76. The molecule has 3 aromatic rings. The van der Waals surface area contributed by atoms with Gasteiger partial charge in [-0.15, -0.1) is 11.3 Å². The number of amides is 1. The van der Waals surface area contributed by atoms with Crippen LogP contribution in [0, 0.1) is 5.82 Å². The summed E-state index contributed by atoms with van der Waals surface area (Å²) < 4.78 is 18.6. The van der Waals surface area contributed by atoms with Crippen molar-refractivity contribution < 1.29 is 13.9 Å². The number of nitrogens with one attached hydrogen (secondary N) is 1. The van der Waals surface area contributed by atoms with Crippen molar-refractivity contribution in [3.63, 3.8) is 0 Å². The fourth-order valence-corrected chi connectivity index (χ4v) is 3.14. The van der Waals surface area contributed by atoms with E-state index in [1.54, 1.807) is 18.2 Å². The normalized spacial score (nSPS) is 10.9. The largest absolute Gasteiger partial charge is 0.494 e. The standard InChI is InChI=1S/C22H21FN2O2S/c1-2-3-14-27-19-11-4-16(5-12-19)6-13-21(26)25-22-24-20(15-28-22)17-7-9-18(23)10-8-17/h4-13,15H,2-3,14H2,1H3,(H,24,25,26)/b13-6+. The summed E-state index contributed by atoms with van der Waals surface area (Å²) in [4.78, 5) is 16.5. The van der Waals surface area contributed by atoms with Crippen LogP contribution >= 0.6 is 11.3 Å². The maximum atomic E-state index is 13.0. The second-order valence-corrected chi connectivity index (χ2v) is 7.00. The molecule has 0 bridgehead atoms. The smallest absolute Gasteiger partial charge is 0.250 e. The molecule has 0 fully saturated rings. The van der Waals surface area contributed by atoms with E-state index in [1.807, 2.05) is 29.6 Å². The Kier molecular flexibility index (Phi) is 6.92. The molecule has 1 amide bonds. The van der Waals surface area contributed by atoms with Crippen molar-refractivity contribution in [2.45, 2.75) is 19.8 Å². The van der Waals surface area contributed by atoms with Crippen LogP contribution in [0.15, 0.2) is 60.0 Å². The number of hydrogen-bond acceptors (Lipinski definition) is 4. The number of nitrogens with zero attached hydrogens (tertiary/aromatic N) is 1. The second-order valence-electron chi connectivity index (χ2n) is 6.14. The van der Waals surface area contributed by atoms with E-state index >= 15 is 0 Å². The molecule has 1 aromatic heterocycles. The predicted molar refractivity (Wildman–Crippen MR) is 112 cm³/mol. The quantitative estimate of drug-likeness (QED) is 0.388. The van der Waals surface area contributed by atoms with Crippen LogP contribution in [-0.4, -0.2) is 17.5 Å². The van der Waals surface area contributed by atoms with Crippen LogP contribution in [0.2, 0.25) is 0 Å². The van der Waals surface area contributed by atoms with E-state index in [1.165, 1.54) is 29.5 Å². The summed E-state index contributed by atoms with van der Waals surface area (Å²) in [7, 11) is 0. The minimum absolute atomic E-state index is 0.261. The first-order valence-electron chi connectivity index (χ1n) is 9.07. The zero-order chi connectivity index (χ0) is 19.8. The number of carbonyl (C=O) groups excluding carboxylic acids is 1. The number of halogens is 1. The van der Waals surface area contributed by atoms with E-state index < -0.39 is 0 Å². The maximum absolute atomic E-state index is 13.0. The van der Waals surface area contributed by atoms with Crippen LogP contribution in [0.4, 0.5) is 9.52 Å². The van der Waals surface area contributed by atoms with Crippen LogP contribution in [-0.2, 0) is 4.79 Å². The van der Waals surface area contributed by atoms with E-state index in [9.17, 15) is 9.18 Å². The molecule has 0 atom stereocenters. The molecule has 4 nitrogen and oxygen atoms in total. The highest BCUT2D eigenvalue weighted by atomic mass is 32.1. The number of ether oxygens (including phenoxy) is 1. The van der Waals surface area contributed by atoms with Crippen molar-refractivity contribution in [1.82, 2.24) is 4.98 Å². The summed E-state index contributed by atoms with van der Waals surface area (Å²) in [6, 6.07) is 13.7. The van der Waals surface area contributed by atoms with Gasteiger partial charge < -0.3 is 4.74 Å². The SMILES string of the molecule is CCCCOc1ccc(/C=C/C(=O)Nc2nc(-c3ccc(F)cc3)cs2)cc1. The van der Waals surface area contributed by atoms with E-state index in [-0.39, 0.29) is 11.7 Å². The van der Waals surface area contributed by atoms with Gasteiger partial charge in [-0.25, -0.2) is 9.37 Å². The number of hydrogen-bond donors (Lipinski definition) is 1. The van der Waals surface area contributed by atoms with Gasteiger partial charge in [0.1, 0.15) is 11.6 Å². The Bertz CT molecular complexity index is 934. The number of anilines is 1. The molecule has 0 spiro atoms. The first-order valence-corrected chi connectivity index (χ1v) is 9.95. The van der Waals surface area contributed by atoms with E-state index in [4.69, 9.17) is 4.74 Å². The van der Waals surface area contributed by atoms with Crippen LogP contribution in [0.1, 0.15) is 25.3 Å². The van der Waals surface area contributed by atoms with Gasteiger partial charge in [0.15, 0.2) is 5.13 Å². The minimum atomic E-state index is -0.293. The molecular weight excluding hydrogens is 375 g/mol. The Hall–Kier alpha value is -2.99. The molecule has 1 N–H and O–H groups in total. The van der Waals surface area contributed by atoms with Crippen molar-refractivity contribution in [1.29, 1.82) is 0 Å². The fraction of sp³-hybridized carbons (Fsp3) is 0.182. The number of benzene rings is 2. The number of aromatic nitrogens is 1. The van der Waals surface area contributed by atoms with Crippen LogP contribution < -0.4 is 10.1 Å².